The van der Waals surface area contributed by atoms with Crippen molar-refractivity contribution >= 4 is 60.8 Å². The fraction of sp³-hybridized carbons (Fsp3) is 0.255. The molecular formula is C51H56AuClFeN2O6P2+4. The van der Waals surface area contributed by atoms with Gasteiger partial charge in [-0.25, -0.2) is 0 Å². The Morgan fingerprint density at radius 1 is 0.531 bits per heavy atom. The van der Waals surface area contributed by atoms with Crippen LogP contribution < -0.4 is 44.3 Å². The number of hydrogen-bond donors (Lipinski definition) is 2. The number of rotatable bonds is 17. The largest absolute Gasteiger partial charge is 3.00 e. The molecule has 0 heterocycles. The van der Waals surface area contributed by atoms with Crippen LogP contribution in [0.25, 0.3) is 0 Å². The maximum absolute atomic E-state index is 13.0. The smallest absolute Gasteiger partial charge is 1.00 e. The van der Waals surface area contributed by atoms with E-state index in [1.54, 1.807) is 0 Å². The molecule has 4 aromatic carbocycles. The second kappa shape index (κ2) is 29.7. The number of esters is 2. The first-order valence-corrected chi connectivity index (χ1v) is 23.3. The van der Waals surface area contributed by atoms with Gasteiger partial charge < -0.3 is 32.5 Å². The van der Waals surface area contributed by atoms with Crippen molar-refractivity contribution in [1.29, 1.82) is 0 Å². The number of halogens is 1. The van der Waals surface area contributed by atoms with Gasteiger partial charge in [0.25, 0.3) is 0 Å². The summed E-state index contributed by atoms with van der Waals surface area (Å²) in [6.45, 7) is 11.3. The molecule has 2 fully saturated rings. The topological polar surface area (TPSA) is 111 Å². The Kier molecular flexibility index (Phi) is 26.6. The summed E-state index contributed by atoms with van der Waals surface area (Å²) in [5.74, 6) is 1.02. The Hall–Kier alpha value is -2.83. The molecule has 0 spiro atoms. The molecule has 64 heavy (non-hydrogen) atoms. The molecule has 0 aliphatic heterocycles. The van der Waals surface area contributed by atoms with Gasteiger partial charge in [0.1, 0.15) is 19.1 Å². The van der Waals surface area contributed by atoms with Gasteiger partial charge in [0.2, 0.25) is 11.8 Å². The number of amides is 2. The van der Waals surface area contributed by atoms with E-state index in [0.29, 0.717) is 5.92 Å². The number of carbonyl (C=O) groups excluding carboxylic acids is 4. The minimum Gasteiger partial charge on any atom is -1.00 e. The summed E-state index contributed by atoms with van der Waals surface area (Å²) >= 11 is 0. The fourth-order valence-corrected chi connectivity index (χ4v) is 11.6. The average Bonchev–Trinajstić information content (AvgIpc) is 3.93. The van der Waals surface area contributed by atoms with E-state index in [9.17, 15) is 19.2 Å². The average molecular weight is 1140 g/mol. The molecule has 2 atom stereocenters. The van der Waals surface area contributed by atoms with Crippen LogP contribution >= 0.6 is 15.8 Å². The van der Waals surface area contributed by atoms with Crippen molar-refractivity contribution in [3.05, 3.63) is 183 Å². The molecule has 2 unspecified atom stereocenters. The Balaban J connectivity index is 0.000000421. The van der Waals surface area contributed by atoms with Gasteiger partial charge in [-0.2, -0.15) is 0 Å². The molecule has 2 aliphatic carbocycles. The molecule has 2 saturated carbocycles. The standard InChI is InChI=1S/C26H29NO3P.C25H27NO3P.Au.ClH.Fe/c1-19(2)24(27-20(3)28)18-30-26(29)17-21-11-10-16-25(21)31(22-12-6-4-7-13-22)23-14-8-5-9-15-23;1-18(2)23(26-19(3)27)17-29-25(28)22-15-10-16-24(22)30(20-11-6-4-7-12-20)21-13-8-5-9-14-21;;;/h4-16,19,24H,17-18H2,1-3H3,(H,27,28);4-16,18,23H,17H2,1-3H3,(H,26,27);;1H;/q;;+3;;+2/p-1. The second-order valence-electron chi connectivity index (χ2n) is 15.3. The normalized spacial score (nSPS) is 15.2. The van der Waals surface area contributed by atoms with Crippen molar-refractivity contribution in [3.63, 3.8) is 0 Å². The zero-order valence-corrected chi connectivity index (χ0v) is 42.6. The maximum Gasteiger partial charge on any atom is 3.00 e. The quantitative estimate of drug-likeness (QED) is 0.0917. The van der Waals surface area contributed by atoms with Crippen LogP contribution in [0.1, 0.15) is 48.0 Å². The van der Waals surface area contributed by atoms with Crippen molar-refractivity contribution in [2.24, 2.45) is 11.8 Å². The van der Waals surface area contributed by atoms with E-state index < -0.39 is 15.8 Å². The van der Waals surface area contributed by atoms with Gasteiger partial charge in [-0.15, -0.1) is 0 Å². The zero-order valence-electron chi connectivity index (χ0n) is 36.8. The van der Waals surface area contributed by atoms with Crippen molar-refractivity contribution < 1.29 is 80.5 Å². The van der Waals surface area contributed by atoms with Gasteiger partial charge in [0.05, 0.1) is 18.5 Å². The van der Waals surface area contributed by atoms with Gasteiger partial charge >= 0.3 is 51.4 Å². The molecule has 8 nitrogen and oxygen atoms in total. The van der Waals surface area contributed by atoms with Crippen molar-refractivity contribution in [3.8, 4) is 0 Å². The molecular weight excluding hydrogens is 1090 g/mol. The molecule has 13 heteroatoms. The van der Waals surface area contributed by atoms with Crippen molar-refractivity contribution in [2.75, 3.05) is 13.2 Å². The Bertz CT molecular complexity index is 1890. The van der Waals surface area contributed by atoms with E-state index in [-0.39, 0.29) is 119 Å². The minimum absolute atomic E-state index is 0. The van der Waals surface area contributed by atoms with Crippen LogP contribution in [0.2, 0.25) is 0 Å². The Labute approximate surface area is 417 Å². The molecule has 0 saturated heterocycles. The number of hydrogen-bond acceptors (Lipinski definition) is 6. The van der Waals surface area contributed by atoms with E-state index in [0.717, 1.165) is 11.6 Å². The van der Waals surface area contributed by atoms with E-state index in [1.165, 1.54) is 40.7 Å². The molecule has 0 bridgehead atoms. The van der Waals surface area contributed by atoms with Gasteiger partial charge in [-0.1, -0.05) is 149 Å². The minimum atomic E-state index is -0.885. The second-order valence-corrected chi connectivity index (χ2v) is 19.7. The summed E-state index contributed by atoms with van der Waals surface area (Å²) in [6.07, 6.45) is 12.1. The van der Waals surface area contributed by atoms with Gasteiger partial charge in [-0.05, 0) is 87.4 Å². The third-order valence-electron chi connectivity index (χ3n) is 9.97. The van der Waals surface area contributed by atoms with E-state index in [2.05, 4.69) is 89.9 Å². The summed E-state index contributed by atoms with van der Waals surface area (Å²) in [5.41, 5.74) is 2.15. The van der Waals surface area contributed by atoms with E-state index in [4.69, 9.17) is 9.47 Å². The van der Waals surface area contributed by atoms with Crippen LogP contribution in [0.3, 0.4) is 0 Å². The summed E-state index contributed by atoms with van der Waals surface area (Å²) in [4.78, 5) is 48.5. The number of ether oxygens (including phenoxy) is 2. The first-order valence-electron chi connectivity index (χ1n) is 20.6. The van der Waals surface area contributed by atoms with Gasteiger partial charge in [0, 0.05) is 31.1 Å². The number of carbonyl (C=O) groups is 4. The molecule has 2 amide bonds. The van der Waals surface area contributed by atoms with Crippen LogP contribution in [0.5, 0.6) is 0 Å². The molecule has 2 aliphatic rings. The predicted octanol–water partition coefficient (Wildman–Crippen LogP) is 4.50. The first kappa shape index (κ1) is 57.3. The van der Waals surface area contributed by atoms with Crippen LogP contribution in [-0.4, -0.2) is 49.1 Å². The van der Waals surface area contributed by atoms with Crippen LogP contribution in [0.15, 0.2) is 121 Å². The summed E-state index contributed by atoms with van der Waals surface area (Å²) < 4.78 is 11.2. The van der Waals surface area contributed by atoms with Gasteiger partial charge in [-0.3, -0.25) is 19.2 Å². The summed E-state index contributed by atoms with van der Waals surface area (Å²) in [6, 6.07) is 40.9. The summed E-state index contributed by atoms with van der Waals surface area (Å²) in [5, 5.41) is 10.6. The van der Waals surface area contributed by atoms with Crippen LogP contribution in [-0.2, 0) is 68.1 Å². The van der Waals surface area contributed by atoms with Gasteiger partial charge in [0.15, 0.2) is 0 Å². The predicted molar refractivity (Wildman–Crippen MR) is 248 cm³/mol. The zero-order chi connectivity index (χ0) is 43.7. The molecule has 338 valence electrons. The van der Waals surface area contributed by atoms with Crippen molar-refractivity contribution in [2.45, 2.75) is 60.0 Å². The molecule has 6 rings (SSSR count). The number of benzene rings is 4. The van der Waals surface area contributed by atoms with Crippen molar-refractivity contribution in [1.82, 2.24) is 10.6 Å². The molecule has 4 aromatic rings. The van der Waals surface area contributed by atoms with Crippen LogP contribution in [0.4, 0.5) is 0 Å². The van der Waals surface area contributed by atoms with E-state index in [1.807, 2.05) is 108 Å². The first-order chi connectivity index (χ1) is 29.4. The number of nitrogens with one attached hydrogen (secondary N) is 2. The van der Waals surface area contributed by atoms with Crippen LogP contribution in [0, 0.1) is 73.5 Å². The monoisotopic (exact) mass is 1140 g/mol. The maximum atomic E-state index is 13.0. The SMILES string of the molecule is CC(=O)NC(COC(=O)C[C]1[CH][CH][CH][C]1P(c1ccccc1)c1ccccc1)C(C)C.CC(=O)NC(COC(=O)[C]1[CH][CH][CH][C]1P(c1ccccc1)c1ccccc1)C(C)C.[Au+3].[Cl-].[Fe+2]. The summed E-state index contributed by atoms with van der Waals surface area (Å²) in [7, 11) is -1.65. The third-order valence-corrected chi connectivity index (χ3v) is 15.0. The fourth-order valence-electron chi connectivity index (χ4n) is 6.71. The molecule has 2 N–H and O–H groups in total. The Morgan fingerprint density at radius 2 is 0.891 bits per heavy atom. The molecule has 0 aromatic heterocycles. The Morgan fingerprint density at radius 3 is 1.28 bits per heavy atom. The molecule has 10 radical (unpaired) electrons. The van der Waals surface area contributed by atoms with E-state index >= 15 is 0 Å². The third kappa shape index (κ3) is 17.4.